The lowest BCUT2D eigenvalue weighted by molar-refractivity contribution is -0.150. The van der Waals surface area contributed by atoms with E-state index in [1.165, 1.54) is 12.3 Å². The van der Waals surface area contributed by atoms with Crippen molar-refractivity contribution in [3.8, 4) is 0 Å². The molecule has 1 N–H and O–H groups in total. The molecule has 26 heavy (non-hydrogen) atoms. The van der Waals surface area contributed by atoms with Crippen LogP contribution in [0.2, 0.25) is 18.6 Å². The van der Waals surface area contributed by atoms with Crippen LogP contribution in [-0.4, -0.2) is 26.3 Å². The van der Waals surface area contributed by atoms with Crippen molar-refractivity contribution in [1.82, 2.24) is 0 Å². The molecule has 0 aliphatic carbocycles. The van der Waals surface area contributed by atoms with E-state index in [1.807, 2.05) is 42.5 Å². The van der Waals surface area contributed by atoms with Crippen LogP contribution in [0.1, 0.15) is 25.0 Å². The molecule has 0 saturated heterocycles. The Morgan fingerprint density at radius 3 is 2.19 bits per heavy atom. The fourth-order valence-electron chi connectivity index (χ4n) is 3.81. The van der Waals surface area contributed by atoms with Crippen molar-refractivity contribution in [3.05, 3.63) is 64.6 Å². The molecule has 2 aromatic carbocycles. The molecular weight excluding hydrogens is 408 g/mol. The van der Waals surface area contributed by atoms with E-state index in [9.17, 15) is 9.90 Å². The molecule has 3 atom stereocenters. The molecule has 0 bridgehead atoms. The van der Waals surface area contributed by atoms with Crippen LogP contribution in [0.25, 0.3) is 0 Å². The molecule has 0 spiro atoms. The van der Waals surface area contributed by atoms with Gasteiger partial charge in [-0.15, -0.1) is 0 Å². The Morgan fingerprint density at radius 2 is 1.69 bits per heavy atom. The second-order valence-electron chi connectivity index (χ2n) is 7.15. The van der Waals surface area contributed by atoms with E-state index in [0.717, 1.165) is 16.5 Å². The van der Waals surface area contributed by atoms with Crippen LogP contribution < -0.4 is 5.19 Å². The minimum Gasteiger partial charge on any atom is -0.469 e. The highest BCUT2D eigenvalue weighted by Crippen LogP contribution is 2.41. The number of hydrogen-bond acceptors (Lipinski definition) is 3. The average Bonchev–Trinajstić information content (AvgIpc) is 2.66. The summed E-state index contributed by atoms with van der Waals surface area (Å²) in [6, 6.07) is 17.8. The lowest BCUT2D eigenvalue weighted by Gasteiger charge is -2.39. The van der Waals surface area contributed by atoms with Crippen molar-refractivity contribution in [2.75, 3.05) is 7.11 Å². The van der Waals surface area contributed by atoms with E-state index in [-0.39, 0.29) is 11.5 Å². The molecular formula is C21H27BrO3Si. The van der Waals surface area contributed by atoms with Gasteiger partial charge in [-0.3, -0.25) is 4.79 Å². The number of esters is 1. The molecule has 0 unspecified atom stereocenters. The number of halogens is 1. The standard InChI is InChI=1S/C21H27BrO3Si/c1-5-18(26(3,4)17-9-7-6-8-10-17)19(21(24)25-2)20(23)15-11-13-16(22)14-12-15/h6-14,18-20,23H,5H2,1-4H3/t18-,19+,20-/m0/s1. The van der Waals surface area contributed by atoms with E-state index in [1.54, 1.807) is 0 Å². The molecule has 5 heteroatoms. The number of benzene rings is 2. The van der Waals surface area contributed by atoms with Crippen molar-refractivity contribution in [3.63, 3.8) is 0 Å². The second kappa shape index (κ2) is 8.98. The zero-order valence-electron chi connectivity index (χ0n) is 15.8. The predicted molar refractivity (Wildman–Crippen MR) is 112 cm³/mol. The van der Waals surface area contributed by atoms with Crippen molar-refractivity contribution in [2.45, 2.75) is 38.1 Å². The first-order valence-corrected chi connectivity index (χ1v) is 12.8. The van der Waals surface area contributed by atoms with Gasteiger partial charge in [0.15, 0.2) is 0 Å². The molecule has 0 aliphatic rings. The first-order chi connectivity index (χ1) is 12.3. The zero-order chi connectivity index (χ0) is 19.3. The Hall–Kier alpha value is -1.43. The van der Waals surface area contributed by atoms with Gasteiger partial charge in [0.2, 0.25) is 0 Å². The molecule has 3 nitrogen and oxygen atoms in total. The number of carbonyl (C=O) groups excluding carboxylic acids is 1. The van der Waals surface area contributed by atoms with Crippen LogP contribution >= 0.6 is 15.9 Å². The van der Waals surface area contributed by atoms with Gasteiger partial charge in [-0.25, -0.2) is 0 Å². The van der Waals surface area contributed by atoms with E-state index in [0.29, 0.717) is 0 Å². The minimum absolute atomic E-state index is 0.0518. The molecule has 0 aromatic heterocycles. The molecule has 0 fully saturated rings. The summed E-state index contributed by atoms with van der Waals surface area (Å²) >= 11 is 3.41. The summed E-state index contributed by atoms with van der Waals surface area (Å²) in [5.74, 6) is -0.933. The van der Waals surface area contributed by atoms with Crippen molar-refractivity contribution >= 4 is 35.2 Å². The molecule has 0 heterocycles. The predicted octanol–water partition coefficient (Wildman–Crippen LogP) is 4.67. The number of rotatable bonds is 7. The third-order valence-electron chi connectivity index (χ3n) is 5.34. The maximum Gasteiger partial charge on any atom is 0.311 e. The SMILES string of the molecule is CC[C@@H]([C@@H](C(=O)OC)[C@@H](O)c1ccc(Br)cc1)[Si](C)(C)c1ccccc1. The Labute approximate surface area is 165 Å². The summed E-state index contributed by atoms with van der Waals surface area (Å²) in [4.78, 5) is 12.7. The molecule has 140 valence electrons. The lowest BCUT2D eigenvalue weighted by Crippen LogP contribution is -2.50. The highest BCUT2D eigenvalue weighted by Gasteiger charge is 2.45. The number of methoxy groups -OCH3 is 1. The molecule has 0 radical (unpaired) electrons. The fraction of sp³-hybridized carbons (Fsp3) is 0.381. The second-order valence-corrected chi connectivity index (χ2v) is 12.8. The quantitative estimate of drug-likeness (QED) is 0.508. The Kier molecular flexibility index (Phi) is 7.21. The van der Waals surface area contributed by atoms with Gasteiger partial charge in [0.1, 0.15) is 0 Å². The zero-order valence-corrected chi connectivity index (χ0v) is 18.4. The van der Waals surface area contributed by atoms with Crippen LogP contribution in [-0.2, 0) is 9.53 Å². The number of carbonyl (C=O) groups is 1. The number of aliphatic hydroxyl groups excluding tert-OH is 1. The molecule has 2 aromatic rings. The van der Waals surface area contributed by atoms with Gasteiger partial charge < -0.3 is 9.84 Å². The smallest absolute Gasteiger partial charge is 0.311 e. The first-order valence-electron chi connectivity index (χ1n) is 8.89. The van der Waals surface area contributed by atoms with E-state index < -0.39 is 20.1 Å². The van der Waals surface area contributed by atoms with Gasteiger partial charge in [-0.05, 0) is 23.2 Å². The van der Waals surface area contributed by atoms with Crippen molar-refractivity contribution in [2.24, 2.45) is 5.92 Å². The van der Waals surface area contributed by atoms with Crippen LogP contribution in [0.3, 0.4) is 0 Å². The van der Waals surface area contributed by atoms with Crippen molar-refractivity contribution < 1.29 is 14.6 Å². The normalized spacial score (nSPS) is 15.2. The fourth-order valence-corrected chi connectivity index (χ4v) is 7.79. The minimum atomic E-state index is -2.03. The largest absolute Gasteiger partial charge is 0.469 e. The van der Waals surface area contributed by atoms with E-state index in [2.05, 4.69) is 48.1 Å². The van der Waals surface area contributed by atoms with Crippen LogP contribution in [0.4, 0.5) is 0 Å². The van der Waals surface area contributed by atoms with Crippen molar-refractivity contribution in [1.29, 1.82) is 0 Å². The highest BCUT2D eigenvalue weighted by atomic mass is 79.9. The number of aliphatic hydroxyl groups is 1. The maximum absolute atomic E-state index is 12.7. The third kappa shape index (κ3) is 4.45. The van der Waals surface area contributed by atoms with Crippen LogP contribution in [0, 0.1) is 5.92 Å². The van der Waals surface area contributed by atoms with Gasteiger partial charge in [0, 0.05) is 4.47 Å². The van der Waals surface area contributed by atoms with E-state index >= 15 is 0 Å². The summed E-state index contributed by atoms with van der Waals surface area (Å²) < 4.78 is 6.05. The molecule has 0 amide bonds. The summed E-state index contributed by atoms with van der Waals surface area (Å²) in [6.45, 7) is 6.62. The topological polar surface area (TPSA) is 46.5 Å². The van der Waals surface area contributed by atoms with Crippen LogP contribution in [0.15, 0.2) is 59.1 Å². The number of ether oxygens (including phenoxy) is 1. The first kappa shape index (κ1) is 20.9. The van der Waals surface area contributed by atoms with Gasteiger partial charge in [0.05, 0.1) is 27.2 Å². The Balaban J connectivity index is 2.46. The molecule has 2 rings (SSSR count). The van der Waals surface area contributed by atoms with Gasteiger partial charge >= 0.3 is 5.97 Å². The summed E-state index contributed by atoms with van der Waals surface area (Å²) in [5, 5.41) is 12.4. The summed E-state index contributed by atoms with van der Waals surface area (Å²) in [6.07, 6.45) is -0.0856. The summed E-state index contributed by atoms with van der Waals surface area (Å²) in [5.41, 5.74) is 0.788. The molecule has 0 saturated carbocycles. The van der Waals surface area contributed by atoms with Gasteiger partial charge in [-0.2, -0.15) is 0 Å². The third-order valence-corrected chi connectivity index (χ3v) is 10.3. The van der Waals surface area contributed by atoms with Crippen LogP contribution in [0.5, 0.6) is 0 Å². The average molecular weight is 435 g/mol. The summed E-state index contributed by atoms with van der Waals surface area (Å²) in [7, 11) is -0.631. The Morgan fingerprint density at radius 1 is 1.12 bits per heavy atom. The Bertz CT molecular complexity index is 716. The monoisotopic (exact) mass is 434 g/mol. The lowest BCUT2D eigenvalue weighted by atomic mass is 9.91. The maximum atomic E-state index is 12.7. The highest BCUT2D eigenvalue weighted by molar-refractivity contribution is 9.10. The number of hydrogen-bond donors (Lipinski definition) is 1. The van der Waals surface area contributed by atoms with E-state index in [4.69, 9.17) is 4.74 Å². The van der Waals surface area contributed by atoms with Gasteiger partial charge in [0.25, 0.3) is 0 Å². The molecule has 0 aliphatic heterocycles. The van der Waals surface area contributed by atoms with Gasteiger partial charge in [-0.1, -0.05) is 90.0 Å².